The summed E-state index contributed by atoms with van der Waals surface area (Å²) in [6.45, 7) is 0. The molecule has 0 fully saturated rings. The van der Waals surface area contributed by atoms with Crippen LogP contribution in [-0.2, 0) is 6.18 Å². The van der Waals surface area contributed by atoms with E-state index < -0.39 is 23.4 Å². The molecule has 0 saturated heterocycles. The zero-order valence-corrected chi connectivity index (χ0v) is 8.95. The second-order valence-electron chi connectivity index (χ2n) is 3.64. The summed E-state index contributed by atoms with van der Waals surface area (Å²) in [4.78, 5) is 13.1. The first-order chi connectivity index (χ1) is 8.39. The molecule has 2 aromatic rings. The molecule has 0 aliphatic carbocycles. The minimum atomic E-state index is -4.70. The molecule has 1 aromatic carbocycles. The number of aromatic nitrogens is 1. The van der Waals surface area contributed by atoms with Crippen molar-refractivity contribution in [2.45, 2.75) is 6.18 Å². The third-order valence-electron chi connectivity index (χ3n) is 2.42. The van der Waals surface area contributed by atoms with E-state index in [2.05, 4.69) is 4.98 Å². The summed E-state index contributed by atoms with van der Waals surface area (Å²) in [7, 11) is 0. The predicted molar refractivity (Wildman–Crippen MR) is 58.2 cm³/mol. The highest BCUT2D eigenvalue weighted by Gasteiger charge is 2.37. The van der Waals surface area contributed by atoms with E-state index in [4.69, 9.17) is 5.11 Å². The van der Waals surface area contributed by atoms with E-state index >= 15 is 0 Å². The number of hydrogen-bond acceptors (Lipinski definition) is 1. The van der Waals surface area contributed by atoms with Crippen LogP contribution < -0.4 is 0 Å². The average molecular weight is 255 g/mol. The van der Waals surface area contributed by atoms with Crippen LogP contribution >= 0.6 is 0 Å². The van der Waals surface area contributed by atoms with Crippen molar-refractivity contribution < 1.29 is 23.1 Å². The van der Waals surface area contributed by atoms with Gasteiger partial charge in [-0.1, -0.05) is 30.3 Å². The summed E-state index contributed by atoms with van der Waals surface area (Å²) in [6.07, 6.45) is -4.70. The van der Waals surface area contributed by atoms with Crippen LogP contribution in [0.2, 0.25) is 0 Å². The fourth-order valence-corrected chi connectivity index (χ4v) is 1.62. The van der Waals surface area contributed by atoms with Crippen molar-refractivity contribution in [1.82, 2.24) is 4.98 Å². The normalized spacial score (nSPS) is 11.5. The van der Waals surface area contributed by atoms with Crippen molar-refractivity contribution >= 4 is 5.97 Å². The molecule has 94 valence electrons. The first-order valence-corrected chi connectivity index (χ1v) is 4.98. The summed E-state index contributed by atoms with van der Waals surface area (Å²) < 4.78 is 38.0. The summed E-state index contributed by atoms with van der Waals surface area (Å²) >= 11 is 0. The van der Waals surface area contributed by atoms with E-state index in [1.54, 1.807) is 30.3 Å². The standard InChI is InChI=1S/C12H8F3NO2/c13-12(14,15)8-6-9(16-10(8)11(17)18)7-4-2-1-3-5-7/h1-6,16H,(H,17,18). The van der Waals surface area contributed by atoms with E-state index in [1.807, 2.05) is 0 Å². The summed E-state index contributed by atoms with van der Waals surface area (Å²) in [5.74, 6) is -1.63. The number of H-pyrrole nitrogens is 1. The third-order valence-corrected chi connectivity index (χ3v) is 2.42. The molecule has 3 nitrogen and oxygen atoms in total. The quantitative estimate of drug-likeness (QED) is 0.864. The first-order valence-electron chi connectivity index (χ1n) is 4.98. The smallest absolute Gasteiger partial charge is 0.418 e. The third kappa shape index (κ3) is 2.22. The predicted octanol–water partition coefficient (Wildman–Crippen LogP) is 3.40. The number of carbonyl (C=O) groups is 1. The van der Waals surface area contributed by atoms with Gasteiger partial charge in [-0.05, 0) is 11.6 Å². The van der Waals surface area contributed by atoms with E-state index in [1.165, 1.54) is 0 Å². The van der Waals surface area contributed by atoms with E-state index in [-0.39, 0.29) is 5.69 Å². The van der Waals surface area contributed by atoms with Gasteiger partial charge in [0.05, 0.1) is 5.56 Å². The Hall–Kier alpha value is -2.24. The highest BCUT2D eigenvalue weighted by Crippen LogP contribution is 2.35. The average Bonchev–Trinajstić information content (AvgIpc) is 2.74. The number of alkyl halides is 3. The zero-order valence-electron chi connectivity index (χ0n) is 8.95. The fourth-order valence-electron chi connectivity index (χ4n) is 1.62. The Morgan fingerprint density at radius 1 is 1.17 bits per heavy atom. The lowest BCUT2D eigenvalue weighted by Gasteiger charge is -2.03. The van der Waals surface area contributed by atoms with Gasteiger partial charge in [-0.2, -0.15) is 13.2 Å². The highest BCUT2D eigenvalue weighted by atomic mass is 19.4. The van der Waals surface area contributed by atoms with Gasteiger partial charge in [-0.25, -0.2) is 4.79 Å². The second kappa shape index (κ2) is 4.21. The number of aromatic amines is 1. The maximum atomic E-state index is 12.7. The van der Waals surface area contributed by atoms with Crippen molar-refractivity contribution in [2.24, 2.45) is 0 Å². The van der Waals surface area contributed by atoms with Gasteiger partial charge in [0, 0.05) is 5.69 Å². The van der Waals surface area contributed by atoms with Crippen molar-refractivity contribution in [2.75, 3.05) is 0 Å². The number of rotatable bonds is 2. The highest BCUT2D eigenvalue weighted by molar-refractivity contribution is 5.89. The van der Waals surface area contributed by atoms with Crippen molar-refractivity contribution in [1.29, 1.82) is 0 Å². The van der Waals surface area contributed by atoms with Crippen molar-refractivity contribution in [3.05, 3.63) is 47.7 Å². The molecule has 0 saturated carbocycles. The van der Waals surface area contributed by atoms with Gasteiger partial charge in [-0.15, -0.1) is 0 Å². The topological polar surface area (TPSA) is 53.1 Å². The number of aromatic carboxylic acids is 1. The fraction of sp³-hybridized carbons (Fsp3) is 0.0833. The van der Waals surface area contributed by atoms with Crippen molar-refractivity contribution in [3.8, 4) is 11.3 Å². The number of carboxylic acid groups (broad SMARTS) is 1. The van der Waals surface area contributed by atoms with Gasteiger partial charge < -0.3 is 10.1 Å². The van der Waals surface area contributed by atoms with E-state index in [9.17, 15) is 18.0 Å². The Kier molecular flexibility index (Phi) is 2.86. The van der Waals surface area contributed by atoms with Crippen LogP contribution in [0.3, 0.4) is 0 Å². The minimum Gasteiger partial charge on any atom is -0.477 e. The lowest BCUT2D eigenvalue weighted by molar-refractivity contribution is -0.138. The largest absolute Gasteiger partial charge is 0.477 e. The lowest BCUT2D eigenvalue weighted by Crippen LogP contribution is -2.10. The molecule has 0 aliphatic heterocycles. The molecule has 0 bridgehead atoms. The molecule has 2 N–H and O–H groups in total. The van der Waals surface area contributed by atoms with Crippen LogP contribution in [-0.4, -0.2) is 16.1 Å². The molecule has 1 aromatic heterocycles. The Morgan fingerprint density at radius 3 is 2.22 bits per heavy atom. The molecule has 18 heavy (non-hydrogen) atoms. The number of carboxylic acids is 1. The lowest BCUT2D eigenvalue weighted by atomic mass is 10.1. The Bertz CT molecular complexity index is 573. The van der Waals surface area contributed by atoms with Crippen LogP contribution in [0, 0.1) is 0 Å². The van der Waals surface area contributed by atoms with Crippen LogP contribution in [0.1, 0.15) is 16.1 Å². The van der Waals surface area contributed by atoms with Crippen LogP contribution in [0.5, 0.6) is 0 Å². The number of halogens is 3. The number of benzene rings is 1. The Labute approximate surface area is 99.9 Å². The molecule has 0 amide bonds. The molecule has 0 unspecified atom stereocenters. The van der Waals surface area contributed by atoms with Gasteiger partial charge in [0.15, 0.2) is 0 Å². The molecule has 6 heteroatoms. The first kappa shape index (κ1) is 12.2. The number of hydrogen-bond donors (Lipinski definition) is 2. The Balaban J connectivity index is 2.57. The Morgan fingerprint density at radius 2 is 1.78 bits per heavy atom. The maximum absolute atomic E-state index is 12.7. The van der Waals surface area contributed by atoms with Crippen LogP contribution in [0.4, 0.5) is 13.2 Å². The SMILES string of the molecule is O=C(O)c1[nH]c(-c2ccccc2)cc1C(F)(F)F. The second-order valence-corrected chi connectivity index (χ2v) is 3.64. The summed E-state index contributed by atoms with van der Waals surface area (Å²) in [5.41, 5.74) is -1.40. The van der Waals surface area contributed by atoms with Gasteiger partial charge in [-0.3, -0.25) is 0 Å². The summed E-state index contributed by atoms with van der Waals surface area (Å²) in [6, 6.07) is 9.02. The molecule has 0 spiro atoms. The molecular formula is C12H8F3NO2. The van der Waals surface area contributed by atoms with Crippen molar-refractivity contribution in [3.63, 3.8) is 0 Å². The van der Waals surface area contributed by atoms with E-state index in [0.29, 0.717) is 5.56 Å². The minimum absolute atomic E-state index is 0.125. The molecule has 0 atom stereocenters. The van der Waals surface area contributed by atoms with Crippen LogP contribution in [0.25, 0.3) is 11.3 Å². The molecule has 0 radical (unpaired) electrons. The maximum Gasteiger partial charge on any atom is 0.418 e. The number of nitrogens with one attached hydrogen (secondary N) is 1. The van der Waals surface area contributed by atoms with Crippen LogP contribution in [0.15, 0.2) is 36.4 Å². The molecule has 0 aliphatic rings. The van der Waals surface area contributed by atoms with Gasteiger partial charge in [0.1, 0.15) is 5.69 Å². The van der Waals surface area contributed by atoms with E-state index in [0.717, 1.165) is 6.07 Å². The monoisotopic (exact) mass is 255 g/mol. The van der Waals surface area contributed by atoms with Gasteiger partial charge in [0.2, 0.25) is 0 Å². The summed E-state index contributed by atoms with van der Waals surface area (Å²) in [5, 5.41) is 8.76. The van der Waals surface area contributed by atoms with Gasteiger partial charge >= 0.3 is 12.1 Å². The molecule has 1 heterocycles. The molecule has 2 rings (SSSR count). The zero-order chi connectivity index (χ0) is 13.3. The molecular weight excluding hydrogens is 247 g/mol. The van der Waals surface area contributed by atoms with Gasteiger partial charge in [0.25, 0.3) is 0 Å².